The predicted octanol–water partition coefficient (Wildman–Crippen LogP) is 3.97. The van der Waals surface area contributed by atoms with Crippen LogP contribution in [0.1, 0.15) is 43.0 Å². The van der Waals surface area contributed by atoms with Crippen LogP contribution >= 0.6 is 0 Å². The summed E-state index contributed by atoms with van der Waals surface area (Å²) in [5.74, 6) is 2.22. The second-order valence-corrected chi connectivity index (χ2v) is 10.7. The highest BCUT2D eigenvalue weighted by atomic mass is 16.1. The van der Waals surface area contributed by atoms with Crippen LogP contribution in [-0.4, -0.2) is 56.8 Å². The molecule has 196 valence electrons. The van der Waals surface area contributed by atoms with Gasteiger partial charge in [0, 0.05) is 62.7 Å². The fourth-order valence-corrected chi connectivity index (χ4v) is 6.38. The third-order valence-electron chi connectivity index (χ3n) is 8.44. The van der Waals surface area contributed by atoms with Crippen LogP contribution in [0.4, 0.5) is 11.6 Å². The Hall–Kier alpha value is -3.90. The van der Waals surface area contributed by atoms with E-state index < -0.39 is 0 Å². The van der Waals surface area contributed by atoms with Crippen LogP contribution in [0.15, 0.2) is 41.3 Å². The lowest BCUT2D eigenvalue weighted by Crippen LogP contribution is -2.35. The van der Waals surface area contributed by atoms with Gasteiger partial charge in [-0.1, -0.05) is 19.1 Å². The largest absolute Gasteiger partial charge is 0.353 e. The summed E-state index contributed by atoms with van der Waals surface area (Å²) in [7, 11) is 1.99. The Bertz CT molecular complexity index is 1500. The fraction of sp³-hybridized carbons (Fsp3) is 0.448. The number of allylic oxidation sites excluding steroid dienone is 2. The number of benzene rings is 1. The lowest BCUT2D eigenvalue weighted by molar-refractivity contribution is -0.115. The van der Waals surface area contributed by atoms with Gasteiger partial charge in [0.25, 0.3) is 0 Å². The van der Waals surface area contributed by atoms with Crippen LogP contribution in [0, 0.1) is 24.2 Å². The Kier molecular flexibility index (Phi) is 6.28. The molecule has 1 N–H and O–H groups in total. The molecular formula is C29H34N8O. The topological polar surface area (TPSA) is 94.5 Å². The van der Waals surface area contributed by atoms with Crippen molar-refractivity contribution in [3.8, 4) is 6.07 Å². The molecule has 9 heteroatoms. The fourth-order valence-electron chi connectivity index (χ4n) is 6.38. The molecule has 1 amide bonds. The molecular weight excluding hydrogens is 476 g/mol. The summed E-state index contributed by atoms with van der Waals surface area (Å²) in [5.41, 5.74) is 5.34. The first kappa shape index (κ1) is 24.4. The lowest BCUT2D eigenvalue weighted by atomic mass is 10.0. The number of carbonyl (C=O) groups is 1. The molecule has 0 spiro atoms. The standard InChI is InChI=1S/C29H34N8O/c1-4-27(38)33-28-29(34(3)18-32-28)36-15-21-9-11-35(26(21)17-36)14-20-7-8-25-24(19(20)2)12-23(13-30)37(25)16-22-6-5-10-31-22/h6-8,10,12,18,21,26H,4-5,9,11,14-17H2,1-3H3,(H,33,38). The Morgan fingerprint density at radius 3 is 2.89 bits per heavy atom. The number of likely N-dealkylation sites (tertiary alicyclic amines) is 1. The van der Waals surface area contributed by atoms with Crippen LogP contribution in [0.5, 0.6) is 0 Å². The van der Waals surface area contributed by atoms with E-state index in [-0.39, 0.29) is 5.91 Å². The van der Waals surface area contributed by atoms with Crippen LogP contribution < -0.4 is 10.2 Å². The third-order valence-corrected chi connectivity index (χ3v) is 8.44. The monoisotopic (exact) mass is 510 g/mol. The molecule has 2 saturated heterocycles. The summed E-state index contributed by atoms with van der Waals surface area (Å²) in [6.07, 6.45) is 8.28. The van der Waals surface area contributed by atoms with Crippen molar-refractivity contribution in [2.75, 3.05) is 29.9 Å². The van der Waals surface area contributed by atoms with E-state index >= 15 is 0 Å². The van der Waals surface area contributed by atoms with Crippen molar-refractivity contribution in [3.63, 3.8) is 0 Å². The van der Waals surface area contributed by atoms with Gasteiger partial charge >= 0.3 is 0 Å². The zero-order valence-electron chi connectivity index (χ0n) is 22.3. The number of aromatic nitrogens is 3. The minimum absolute atomic E-state index is 0.0158. The van der Waals surface area contributed by atoms with Gasteiger partial charge in [0.05, 0.1) is 18.6 Å². The van der Waals surface area contributed by atoms with Crippen LogP contribution in [0.25, 0.3) is 10.9 Å². The Morgan fingerprint density at radius 2 is 2.13 bits per heavy atom. The summed E-state index contributed by atoms with van der Waals surface area (Å²) >= 11 is 0. The van der Waals surface area contributed by atoms with Gasteiger partial charge in [-0.05, 0) is 49.1 Å². The first-order valence-corrected chi connectivity index (χ1v) is 13.5. The van der Waals surface area contributed by atoms with Crippen LogP contribution in [0.2, 0.25) is 0 Å². The van der Waals surface area contributed by atoms with Crippen molar-refractivity contribution in [3.05, 3.63) is 53.1 Å². The van der Waals surface area contributed by atoms with Crippen molar-refractivity contribution in [2.45, 2.75) is 52.2 Å². The number of imidazole rings is 1. The van der Waals surface area contributed by atoms with E-state index in [1.54, 1.807) is 6.33 Å². The first-order valence-electron chi connectivity index (χ1n) is 13.5. The smallest absolute Gasteiger partial charge is 0.225 e. The van der Waals surface area contributed by atoms with Gasteiger partial charge in [0.2, 0.25) is 5.91 Å². The molecule has 0 aliphatic carbocycles. The van der Waals surface area contributed by atoms with E-state index in [0.717, 1.165) is 55.0 Å². The highest BCUT2D eigenvalue weighted by molar-refractivity contribution is 5.92. The summed E-state index contributed by atoms with van der Waals surface area (Å²) in [6.45, 7) is 8.54. The van der Waals surface area contributed by atoms with E-state index in [9.17, 15) is 10.1 Å². The summed E-state index contributed by atoms with van der Waals surface area (Å²) in [6, 6.07) is 9.29. The van der Waals surface area contributed by atoms with E-state index in [0.29, 0.717) is 36.4 Å². The molecule has 38 heavy (non-hydrogen) atoms. The molecule has 1 aromatic carbocycles. The quantitative estimate of drug-likeness (QED) is 0.519. The number of aliphatic imine (C=N–C) groups is 1. The van der Waals surface area contributed by atoms with Crippen molar-refractivity contribution >= 4 is 34.7 Å². The number of hydrogen-bond donors (Lipinski definition) is 1. The summed E-state index contributed by atoms with van der Waals surface area (Å²) in [4.78, 5) is 26.0. The average Bonchev–Trinajstić information content (AvgIpc) is 3.73. The number of nitriles is 1. The molecule has 2 atom stereocenters. The number of nitrogens with zero attached hydrogens (tertiary/aromatic N) is 7. The number of hydrogen-bond acceptors (Lipinski definition) is 6. The Morgan fingerprint density at radius 1 is 1.26 bits per heavy atom. The Balaban J connectivity index is 1.22. The maximum absolute atomic E-state index is 12.0. The number of nitrogens with one attached hydrogen (secondary N) is 1. The number of amides is 1. The molecule has 2 fully saturated rings. The van der Waals surface area contributed by atoms with Gasteiger partial charge in [0.15, 0.2) is 11.6 Å². The van der Waals surface area contributed by atoms with Gasteiger partial charge in [-0.15, -0.1) is 0 Å². The van der Waals surface area contributed by atoms with E-state index in [1.165, 1.54) is 17.5 Å². The second kappa shape index (κ2) is 9.76. The average molecular weight is 511 g/mol. The molecule has 0 bridgehead atoms. The number of aryl methyl sites for hydroxylation is 2. The molecule has 6 rings (SSSR count). The predicted molar refractivity (Wildman–Crippen MR) is 149 cm³/mol. The molecule has 5 heterocycles. The number of rotatable bonds is 7. The van der Waals surface area contributed by atoms with Crippen molar-refractivity contribution in [1.82, 2.24) is 19.0 Å². The lowest BCUT2D eigenvalue weighted by Gasteiger charge is -2.26. The van der Waals surface area contributed by atoms with Gasteiger partial charge in [0.1, 0.15) is 11.8 Å². The molecule has 2 aromatic heterocycles. The molecule has 2 unspecified atom stereocenters. The van der Waals surface area contributed by atoms with Crippen molar-refractivity contribution in [2.24, 2.45) is 18.0 Å². The molecule has 3 aliphatic heterocycles. The van der Waals surface area contributed by atoms with E-state index in [2.05, 4.69) is 60.9 Å². The van der Waals surface area contributed by atoms with Crippen molar-refractivity contribution < 1.29 is 4.79 Å². The third kappa shape index (κ3) is 4.19. The van der Waals surface area contributed by atoms with Gasteiger partial charge < -0.3 is 19.4 Å². The maximum atomic E-state index is 12.0. The minimum Gasteiger partial charge on any atom is -0.353 e. The number of anilines is 2. The van der Waals surface area contributed by atoms with Crippen LogP contribution in [-0.2, 0) is 24.9 Å². The number of carbonyl (C=O) groups excluding carboxylic acids is 1. The van der Waals surface area contributed by atoms with E-state index in [4.69, 9.17) is 0 Å². The highest BCUT2D eigenvalue weighted by Crippen LogP contribution is 2.38. The molecule has 0 saturated carbocycles. The van der Waals surface area contributed by atoms with Crippen LogP contribution in [0.3, 0.4) is 0 Å². The summed E-state index contributed by atoms with van der Waals surface area (Å²) in [5, 5.41) is 13.9. The summed E-state index contributed by atoms with van der Waals surface area (Å²) < 4.78 is 4.10. The molecule has 3 aliphatic rings. The molecule has 3 aromatic rings. The Labute approximate surface area is 223 Å². The second-order valence-electron chi connectivity index (χ2n) is 10.7. The van der Waals surface area contributed by atoms with Gasteiger partial charge in [-0.3, -0.25) is 14.7 Å². The SMILES string of the molecule is CCC(=O)Nc1ncn(C)c1N1CC2CCN(Cc3ccc4c(cc(C#N)n4CC4=CCC=N4)c3C)C2C1. The molecule has 0 radical (unpaired) electrons. The molecule has 9 nitrogen and oxygen atoms in total. The highest BCUT2D eigenvalue weighted by Gasteiger charge is 2.42. The van der Waals surface area contributed by atoms with Gasteiger partial charge in [-0.25, -0.2) is 4.98 Å². The van der Waals surface area contributed by atoms with Gasteiger partial charge in [-0.2, -0.15) is 5.26 Å². The van der Waals surface area contributed by atoms with E-state index in [1.807, 2.05) is 30.8 Å². The normalized spacial score (nSPS) is 20.8. The first-order chi connectivity index (χ1) is 18.5. The zero-order valence-corrected chi connectivity index (χ0v) is 22.3. The maximum Gasteiger partial charge on any atom is 0.225 e. The number of fused-ring (bicyclic) bond motifs is 2. The zero-order chi connectivity index (χ0) is 26.4. The minimum atomic E-state index is -0.0158. The van der Waals surface area contributed by atoms with Crippen molar-refractivity contribution in [1.29, 1.82) is 5.26 Å².